The number of nitrogens with zero attached hydrogens (tertiary/aromatic N) is 1. The van der Waals surface area contributed by atoms with Crippen molar-refractivity contribution in [3.05, 3.63) is 71.8 Å². The van der Waals surface area contributed by atoms with Gasteiger partial charge in [-0.05, 0) is 61.7 Å². The van der Waals surface area contributed by atoms with Gasteiger partial charge >= 0.3 is 0 Å². The summed E-state index contributed by atoms with van der Waals surface area (Å²) < 4.78 is 26.6. The van der Waals surface area contributed by atoms with Crippen LogP contribution in [0.5, 0.6) is 0 Å². The predicted molar refractivity (Wildman–Crippen MR) is 116 cm³/mol. The third-order valence-corrected chi connectivity index (χ3v) is 6.49. The van der Waals surface area contributed by atoms with Crippen molar-refractivity contribution in [1.29, 1.82) is 0 Å². The Morgan fingerprint density at radius 1 is 1.10 bits per heavy atom. The normalized spacial score (nSPS) is 13.8. The lowest BCUT2D eigenvalue weighted by molar-refractivity contribution is 0.0791. The Balaban J connectivity index is 1.75. The molecule has 0 radical (unpaired) electrons. The standard InChI is InChI=1S/C22H25N3O4S/c1-3-13-23-30(28,29)18-11-9-17(10-12-18)21(26)24-20-8-6-7-19(16(20)2)22(27)25-14-4-5-15-25/h3,6-12,23H,1,4-5,13-15H2,2H3,(H,24,26). The number of hydrogen-bond acceptors (Lipinski definition) is 4. The molecular weight excluding hydrogens is 402 g/mol. The maximum atomic E-state index is 12.7. The van der Waals surface area contributed by atoms with Gasteiger partial charge in [-0.15, -0.1) is 6.58 Å². The summed E-state index contributed by atoms with van der Waals surface area (Å²) in [4.78, 5) is 27.3. The minimum Gasteiger partial charge on any atom is -0.339 e. The van der Waals surface area contributed by atoms with Crippen molar-refractivity contribution in [3.63, 3.8) is 0 Å². The molecule has 8 heteroatoms. The molecule has 0 atom stereocenters. The van der Waals surface area contributed by atoms with Gasteiger partial charge in [-0.1, -0.05) is 12.1 Å². The van der Waals surface area contributed by atoms with Gasteiger partial charge in [0.1, 0.15) is 0 Å². The molecular formula is C22H25N3O4S. The van der Waals surface area contributed by atoms with Crippen LogP contribution in [-0.2, 0) is 10.0 Å². The summed E-state index contributed by atoms with van der Waals surface area (Å²) in [5.41, 5.74) is 2.14. The number of benzene rings is 2. The number of amides is 2. The molecule has 30 heavy (non-hydrogen) atoms. The zero-order valence-electron chi connectivity index (χ0n) is 16.8. The molecule has 1 aliphatic heterocycles. The maximum Gasteiger partial charge on any atom is 0.255 e. The van der Waals surface area contributed by atoms with Gasteiger partial charge in [0, 0.05) is 36.4 Å². The fraction of sp³-hybridized carbons (Fsp3) is 0.273. The lowest BCUT2D eigenvalue weighted by Gasteiger charge is -2.18. The molecule has 0 aliphatic carbocycles. The molecule has 2 N–H and O–H groups in total. The Bertz CT molecular complexity index is 1060. The van der Waals surface area contributed by atoms with Gasteiger partial charge in [0.25, 0.3) is 11.8 Å². The smallest absolute Gasteiger partial charge is 0.255 e. The molecule has 0 unspecified atom stereocenters. The van der Waals surface area contributed by atoms with Crippen molar-refractivity contribution in [3.8, 4) is 0 Å². The first-order chi connectivity index (χ1) is 14.3. The van der Waals surface area contributed by atoms with Crippen molar-refractivity contribution >= 4 is 27.5 Å². The van der Waals surface area contributed by atoms with E-state index in [9.17, 15) is 18.0 Å². The average Bonchev–Trinajstić information content (AvgIpc) is 3.28. The van der Waals surface area contributed by atoms with Crippen molar-refractivity contribution in [2.24, 2.45) is 0 Å². The molecule has 2 aromatic carbocycles. The summed E-state index contributed by atoms with van der Waals surface area (Å²) in [5.74, 6) is -0.408. The van der Waals surface area contributed by atoms with Gasteiger partial charge in [-0.25, -0.2) is 13.1 Å². The molecule has 0 bridgehead atoms. The SMILES string of the molecule is C=CCNS(=O)(=O)c1ccc(C(=O)Nc2cccc(C(=O)N3CCCC3)c2C)cc1. The first-order valence-electron chi connectivity index (χ1n) is 9.74. The van der Waals surface area contributed by atoms with E-state index in [2.05, 4.69) is 16.6 Å². The highest BCUT2D eigenvalue weighted by molar-refractivity contribution is 7.89. The Hall–Kier alpha value is -2.97. The summed E-state index contributed by atoms with van der Waals surface area (Å²) >= 11 is 0. The van der Waals surface area contributed by atoms with Crippen LogP contribution in [0, 0.1) is 6.92 Å². The number of carbonyl (C=O) groups is 2. The Morgan fingerprint density at radius 3 is 2.40 bits per heavy atom. The number of anilines is 1. The topological polar surface area (TPSA) is 95.6 Å². The summed E-state index contributed by atoms with van der Waals surface area (Å²) in [6.45, 7) is 6.92. The number of carbonyl (C=O) groups excluding carboxylic acids is 2. The number of rotatable bonds is 7. The van der Waals surface area contributed by atoms with Gasteiger partial charge in [-0.2, -0.15) is 0 Å². The van der Waals surface area contributed by atoms with Gasteiger partial charge in [0.05, 0.1) is 4.90 Å². The Morgan fingerprint density at radius 2 is 1.77 bits per heavy atom. The number of sulfonamides is 1. The summed E-state index contributed by atoms with van der Waals surface area (Å²) in [5, 5.41) is 2.82. The monoisotopic (exact) mass is 427 g/mol. The first kappa shape index (κ1) is 21.7. The lowest BCUT2D eigenvalue weighted by atomic mass is 10.0. The van der Waals surface area contributed by atoms with Crippen LogP contribution < -0.4 is 10.0 Å². The maximum absolute atomic E-state index is 12.7. The first-order valence-corrected chi connectivity index (χ1v) is 11.2. The molecule has 1 heterocycles. The number of likely N-dealkylation sites (tertiary alicyclic amines) is 1. The Kier molecular flexibility index (Phi) is 6.69. The molecule has 3 rings (SSSR count). The van der Waals surface area contributed by atoms with E-state index in [-0.39, 0.29) is 23.3 Å². The van der Waals surface area contributed by atoms with Crippen LogP contribution in [0.1, 0.15) is 39.1 Å². The van der Waals surface area contributed by atoms with Crippen molar-refractivity contribution in [2.75, 3.05) is 25.0 Å². The van der Waals surface area contributed by atoms with Crippen LogP contribution in [0.4, 0.5) is 5.69 Å². The molecule has 0 saturated carbocycles. The Labute approximate surface area is 176 Å². The van der Waals surface area contributed by atoms with E-state index in [0.29, 0.717) is 22.4 Å². The van der Waals surface area contributed by atoms with Crippen LogP contribution in [-0.4, -0.2) is 44.8 Å². The molecule has 158 valence electrons. The minimum atomic E-state index is -3.65. The van der Waals surface area contributed by atoms with Gasteiger partial charge in [0.2, 0.25) is 10.0 Å². The van der Waals surface area contributed by atoms with Crippen molar-refractivity contribution in [2.45, 2.75) is 24.7 Å². The number of hydrogen-bond donors (Lipinski definition) is 2. The van der Waals surface area contributed by atoms with Crippen LogP contribution in [0.3, 0.4) is 0 Å². The third-order valence-electron chi connectivity index (χ3n) is 5.05. The predicted octanol–water partition coefficient (Wildman–Crippen LogP) is 2.95. The quantitative estimate of drug-likeness (QED) is 0.664. The van der Waals surface area contributed by atoms with Crippen molar-refractivity contribution in [1.82, 2.24) is 9.62 Å². The third kappa shape index (κ3) is 4.77. The average molecular weight is 428 g/mol. The molecule has 0 spiro atoms. The zero-order chi connectivity index (χ0) is 21.7. The molecule has 1 saturated heterocycles. The van der Waals surface area contributed by atoms with E-state index in [1.165, 1.54) is 30.3 Å². The fourth-order valence-corrected chi connectivity index (χ4v) is 4.32. The largest absolute Gasteiger partial charge is 0.339 e. The second-order valence-electron chi connectivity index (χ2n) is 7.10. The number of nitrogens with one attached hydrogen (secondary N) is 2. The van der Waals surface area contributed by atoms with E-state index < -0.39 is 10.0 Å². The van der Waals surface area contributed by atoms with Gasteiger partial charge < -0.3 is 10.2 Å². The highest BCUT2D eigenvalue weighted by Crippen LogP contribution is 2.23. The zero-order valence-corrected chi connectivity index (χ0v) is 17.7. The second-order valence-corrected chi connectivity index (χ2v) is 8.86. The highest BCUT2D eigenvalue weighted by Gasteiger charge is 2.22. The van der Waals surface area contributed by atoms with Crippen LogP contribution in [0.2, 0.25) is 0 Å². The summed E-state index contributed by atoms with van der Waals surface area (Å²) in [6.07, 6.45) is 3.47. The van der Waals surface area contributed by atoms with Gasteiger partial charge in [-0.3, -0.25) is 9.59 Å². The van der Waals surface area contributed by atoms with E-state index in [1.54, 1.807) is 25.1 Å². The molecule has 1 aliphatic rings. The summed E-state index contributed by atoms with van der Waals surface area (Å²) in [6, 6.07) is 10.9. The van der Waals surface area contributed by atoms with E-state index >= 15 is 0 Å². The van der Waals surface area contributed by atoms with E-state index in [4.69, 9.17) is 0 Å². The van der Waals surface area contributed by atoms with E-state index in [0.717, 1.165) is 25.9 Å². The molecule has 2 aromatic rings. The second kappa shape index (κ2) is 9.23. The molecule has 0 aromatic heterocycles. The van der Waals surface area contributed by atoms with Crippen LogP contribution in [0.15, 0.2) is 60.0 Å². The summed E-state index contributed by atoms with van der Waals surface area (Å²) in [7, 11) is -3.65. The highest BCUT2D eigenvalue weighted by atomic mass is 32.2. The molecule has 1 fully saturated rings. The van der Waals surface area contributed by atoms with Gasteiger partial charge in [0.15, 0.2) is 0 Å². The van der Waals surface area contributed by atoms with Crippen LogP contribution in [0.25, 0.3) is 0 Å². The molecule has 7 nitrogen and oxygen atoms in total. The van der Waals surface area contributed by atoms with Crippen molar-refractivity contribution < 1.29 is 18.0 Å². The lowest BCUT2D eigenvalue weighted by Crippen LogP contribution is -2.28. The minimum absolute atomic E-state index is 0.0253. The molecule has 2 amide bonds. The fourth-order valence-electron chi connectivity index (χ4n) is 3.33. The van der Waals surface area contributed by atoms with E-state index in [1.807, 2.05) is 4.90 Å². The van der Waals surface area contributed by atoms with Crippen LogP contribution >= 0.6 is 0 Å².